The second kappa shape index (κ2) is 5.13. The third-order valence-corrected chi connectivity index (χ3v) is 3.81. The smallest absolute Gasteiger partial charge is 0.00952 e. The van der Waals surface area contributed by atoms with Crippen molar-refractivity contribution < 1.29 is 0 Å². The summed E-state index contributed by atoms with van der Waals surface area (Å²) in [6.07, 6.45) is 8.52. The van der Waals surface area contributed by atoms with Gasteiger partial charge < -0.3 is 10.2 Å². The Morgan fingerprint density at radius 2 is 1.79 bits per heavy atom. The third kappa shape index (κ3) is 2.71. The number of nitrogens with zero attached hydrogens (tertiary/aromatic N) is 1. The topological polar surface area (TPSA) is 15.3 Å². The average Bonchev–Trinajstić information content (AvgIpc) is 2.65. The van der Waals surface area contributed by atoms with Gasteiger partial charge in [0, 0.05) is 12.1 Å². The molecular weight excluding hydrogens is 172 g/mol. The van der Waals surface area contributed by atoms with Gasteiger partial charge in [0.2, 0.25) is 0 Å². The SMILES string of the molecule is CC1CCN(C2CCCC2)CCCN1. The highest BCUT2D eigenvalue weighted by Gasteiger charge is 2.23. The van der Waals surface area contributed by atoms with E-state index in [0.717, 1.165) is 12.1 Å². The minimum Gasteiger partial charge on any atom is -0.314 e. The van der Waals surface area contributed by atoms with E-state index < -0.39 is 0 Å². The summed E-state index contributed by atoms with van der Waals surface area (Å²) >= 11 is 0. The molecule has 0 bridgehead atoms. The lowest BCUT2D eigenvalue weighted by molar-refractivity contribution is 0.175. The summed E-state index contributed by atoms with van der Waals surface area (Å²) in [5.41, 5.74) is 0. The van der Waals surface area contributed by atoms with Crippen LogP contribution in [-0.2, 0) is 0 Å². The summed E-state index contributed by atoms with van der Waals surface area (Å²) < 4.78 is 0. The fraction of sp³-hybridized carbons (Fsp3) is 1.00. The van der Waals surface area contributed by atoms with E-state index in [1.807, 2.05) is 0 Å². The monoisotopic (exact) mass is 196 g/mol. The Kier molecular flexibility index (Phi) is 3.82. The molecule has 0 aromatic carbocycles. The first-order chi connectivity index (χ1) is 6.86. The number of rotatable bonds is 1. The van der Waals surface area contributed by atoms with Crippen LogP contribution in [0.2, 0.25) is 0 Å². The maximum absolute atomic E-state index is 3.57. The highest BCUT2D eigenvalue weighted by molar-refractivity contribution is 4.80. The van der Waals surface area contributed by atoms with E-state index in [9.17, 15) is 0 Å². The Bertz CT molecular complexity index is 164. The second-order valence-electron chi connectivity index (χ2n) is 4.97. The summed E-state index contributed by atoms with van der Waals surface area (Å²) in [5, 5.41) is 3.57. The standard InChI is InChI=1S/C12H24N2/c1-11-7-10-14(9-4-8-13-11)12-5-2-3-6-12/h11-13H,2-10H2,1H3. The molecule has 0 radical (unpaired) electrons. The molecule has 2 aliphatic rings. The minimum atomic E-state index is 0.721. The molecule has 2 fully saturated rings. The van der Waals surface area contributed by atoms with Gasteiger partial charge in [-0.2, -0.15) is 0 Å². The zero-order chi connectivity index (χ0) is 9.80. The molecule has 1 saturated carbocycles. The van der Waals surface area contributed by atoms with Gasteiger partial charge >= 0.3 is 0 Å². The van der Waals surface area contributed by atoms with E-state index in [1.54, 1.807) is 0 Å². The van der Waals surface area contributed by atoms with Crippen LogP contribution in [0, 0.1) is 0 Å². The van der Waals surface area contributed by atoms with E-state index >= 15 is 0 Å². The summed E-state index contributed by atoms with van der Waals surface area (Å²) in [6.45, 7) is 6.17. The molecule has 1 unspecified atom stereocenters. The fourth-order valence-corrected chi connectivity index (χ4v) is 2.84. The largest absolute Gasteiger partial charge is 0.314 e. The zero-order valence-corrected chi connectivity index (χ0v) is 9.47. The molecule has 1 aliphatic carbocycles. The quantitative estimate of drug-likeness (QED) is 0.690. The molecular formula is C12H24N2. The van der Waals surface area contributed by atoms with Crippen LogP contribution in [0.15, 0.2) is 0 Å². The highest BCUT2D eigenvalue weighted by Crippen LogP contribution is 2.24. The maximum Gasteiger partial charge on any atom is 0.00952 e. The molecule has 1 saturated heterocycles. The predicted molar refractivity (Wildman–Crippen MR) is 60.5 cm³/mol. The van der Waals surface area contributed by atoms with Gasteiger partial charge in [0.05, 0.1) is 0 Å². The highest BCUT2D eigenvalue weighted by atomic mass is 15.2. The van der Waals surface area contributed by atoms with Gasteiger partial charge in [-0.25, -0.2) is 0 Å². The Morgan fingerprint density at radius 1 is 1.00 bits per heavy atom. The van der Waals surface area contributed by atoms with Gasteiger partial charge in [0.15, 0.2) is 0 Å². The van der Waals surface area contributed by atoms with E-state index in [0.29, 0.717) is 0 Å². The molecule has 0 aromatic heterocycles. The van der Waals surface area contributed by atoms with Crippen molar-refractivity contribution >= 4 is 0 Å². The molecule has 14 heavy (non-hydrogen) atoms. The van der Waals surface area contributed by atoms with Crippen LogP contribution < -0.4 is 5.32 Å². The van der Waals surface area contributed by atoms with E-state index in [1.165, 1.54) is 58.2 Å². The van der Waals surface area contributed by atoms with Crippen LogP contribution in [0.25, 0.3) is 0 Å². The molecule has 2 nitrogen and oxygen atoms in total. The molecule has 0 aromatic rings. The van der Waals surface area contributed by atoms with Crippen LogP contribution in [0.1, 0.15) is 45.4 Å². The third-order valence-electron chi connectivity index (χ3n) is 3.81. The van der Waals surface area contributed by atoms with Crippen molar-refractivity contribution in [1.29, 1.82) is 0 Å². The summed E-state index contributed by atoms with van der Waals surface area (Å²) in [7, 11) is 0. The number of hydrogen-bond acceptors (Lipinski definition) is 2. The predicted octanol–water partition coefficient (Wildman–Crippen LogP) is 2.00. The van der Waals surface area contributed by atoms with Gasteiger partial charge in [0.25, 0.3) is 0 Å². The Labute approximate surface area is 88.1 Å². The van der Waals surface area contributed by atoms with Crippen molar-refractivity contribution in [2.24, 2.45) is 0 Å². The van der Waals surface area contributed by atoms with Crippen LogP contribution in [0.4, 0.5) is 0 Å². The maximum atomic E-state index is 3.57. The lowest BCUT2D eigenvalue weighted by Crippen LogP contribution is -2.42. The first-order valence-corrected chi connectivity index (χ1v) is 6.33. The molecule has 1 N–H and O–H groups in total. The van der Waals surface area contributed by atoms with Crippen molar-refractivity contribution in [3.8, 4) is 0 Å². The Morgan fingerprint density at radius 3 is 2.57 bits per heavy atom. The Balaban J connectivity index is 1.83. The van der Waals surface area contributed by atoms with Crippen molar-refractivity contribution in [2.45, 2.75) is 57.5 Å². The lowest BCUT2D eigenvalue weighted by Gasteiger charge is -2.32. The fourth-order valence-electron chi connectivity index (χ4n) is 2.84. The summed E-state index contributed by atoms with van der Waals surface area (Å²) in [4.78, 5) is 2.75. The van der Waals surface area contributed by atoms with Crippen LogP contribution >= 0.6 is 0 Å². The average molecular weight is 196 g/mol. The molecule has 2 heteroatoms. The second-order valence-corrected chi connectivity index (χ2v) is 4.97. The summed E-state index contributed by atoms with van der Waals surface area (Å²) in [6, 6.07) is 1.65. The van der Waals surface area contributed by atoms with Gasteiger partial charge in [-0.1, -0.05) is 12.8 Å². The number of hydrogen-bond donors (Lipinski definition) is 1. The first kappa shape index (κ1) is 10.4. The van der Waals surface area contributed by atoms with E-state index in [4.69, 9.17) is 0 Å². The molecule has 0 spiro atoms. The normalized spacial score (nSPS) is 32.8. The first-order valence-electron chi connectivity index (χ1n) is 6.33. The zero-order valence-electron chi connectivity index (χ0n) is 9.47. The van der Waals surface area contributed by atoms with Gasteiger partial charge in [0.1, 0.15) is 0 Å². The minimum absolute atomic E-state index is 0.721. The van der Waals surface area contributed by atoms with Crippen LogP contribution in [0.3, 0.4) is 0 Å². The van der Waals surface area contributed by atoms with Crippen molar-refractivity contribution in [1.82, 2.24) is 10.2 Å². The number of nitrogens with one attached hydrogen (secondary N) is 1. The van der Waals surface area contributed by atoms with Crippen molar-refractivity contribution in [3.05, 3.63) is 0 Å². The van der Waals surface area contributed by atoms with Crippen LogP contribution in [0.5, 0.6) is 0 Å². The van der Waals surface area contributed by atoms with Gasteiger partial charge in [-0.05, 0) is 52.2 Å². The molecule has 1 atom stereocenters. The molecule has 0 amide bonds. The molecule has 82 valence electrons. The van der Waals surface area contributed by atoms with Crippen LogP contribution in [-0.4, -0.2) is 36.6 Å². The van der Waals surface area contributed by atoms with Gasteiger partial charge in [-0.3, -0.25) is 0 Å². The van der Waals surface area contributed by atoms with Gasteiger partial charge in [-0.15, -0.1) is 0 Å². The molecule has 1 heterocycles. The van der Waals surface area contributed by atoms with Crippen molar-refractivity contribution in [2.75, 3.05) is 19.6 Å². The summed E-state index contributed by atoms with van der Waals surface area (Å²) in [5.74, 6) is 0. The Hall–Kier alpha value is -0.0800. The lowest BCUT2D eigenvalue weighted by atomic mass is 10.1. The van der Waals surface area contributed by atoms with E-state index in [2.05, 4.69) is 17.1 Å². The molecule has 2 rings (SSSR count). The van der Waals surface area contributed by atoms with Crippen molar-refractivity contribution in [3.63, 3.8) is 0 Å². The van der Waals surface area contributed by atoms with E-state index in [-0.39, 0.29) is 0 Å². The molecule has 1 aliphatic heterocycles.